The molecule has 0 aliphatic heterocycles. The van der Waals surface area contributed by atoms with Gasteiger partial charge in [-0.2, -0.15) is 0 Å². The summed E-state index contributed by atoms with van der Waals surface area (Å²) >= 11 is 1.87. The summed E-state index contributed by atoms with van der Waals surface area (Å²) < 4.78 is 2.56. The maximum absolute atomic E-state index is 2.47. The number of nitrogens with zero attached hydrogens (tertiary/aromatic N) is 1. The van der Waals surface area contributed by atoms with Gasteiger partial charge in [0, 0.05) is 37.2 Å². The molecule has 1 nitrogen and oxygen atoms in total. The molecule has 0 amide bonds. The van der Waals surface area contributed by atoms with Gasteiger partial charge in [-0.25, -0.2) is 0 Å². The van der Waals surface area contributed by atoms with Gasteiger partial charge in [-0.05, 0) is 104 Å². The molecule has 268 valence electrons. The lowest BCUT2D eigenvalue weighted by Crippen LogP contribution is -2.28. The highest BCUT2D eigenvalue weighted by Gasteiger charge is 2.45. The molecule has 1 heterocycles. The lowest BCUT2D eigenvalue weighted by molar-refractivity contribution is 0.770. The molecule has 10 aromatic rings. The minimum atomic E-state index is -0.425. The Balaban J connectivity index is 1.06. The van der Waals surface area contributed by atoms with Crippen molar-refractivity contribution < 1.29 is 0 Å². The predicted molar refractivity (Wildman–Crippen MR) is 242 cm³/mol. The standard InChI is InChI=1S/C55H37NS/c1-4-14-38(15-5-1)40-24-29-44(30-25-40)56(45-31-26-41(27-32-45)39-16-6-2-7-17-39)46-33-34-49-50-36-43(28-35-53(50)57-54(49)37-46)55(42-18-8-3-9-19-42)51-22-12-10-20-47(51)48-21-11-13-23-52(48)55/h1-37H. The Labute approximate surface area is 337 Å². The van der Waals surface area contributed by atoms with Crippen LogP contribution in [0.3, 0.4) is 0 Å². The first-order chi connectivity index (χ1) is 28.3. The van der Waals surface area contributed by atoms with Crippen molar-refractivity contribution in [2.24, 2.45) is 0 Å². The zero-order chi connectivity index (χ0) is 37.8. The summed E-state index contributed by atoms with van der Waals surface area (Å²) in [5.41, 5.74) is 15.7. The van der Waals surface area contributed by atoms with Gasteiger partial charge in [-0.3, -0.25) is 0 Å². The van der Waals surface area contributed by atoms with Gasteiger partial charge in [0.1, 0.15) is 0 Å². The Morgan fingerprint density at radius 3 is 1.35 bits per heavy atom. The highest BCUT2D eigenvalue weighted by molar-refractivity contribution is 7.25. The third kappa shape index (κ3) is 5.44. The van der Waals surface area contributed by atoms with E-state index in [1.165, 1.54) is 75.8 Å². The number of anilines is 3. The van der Waals surface area contributed by atoms with Gasteiger partial charge in [0.15, 0.2) is 0 Å². The molecule has 0 saturated carbocycles. The Kier molecular flexibility index (Phi) is 7.98. The van der Waals surface area contributed by atoms with Crippen LogP contribution in [0, 0.1) is 0 Å². The van der Waals surface area contributed by atoms with Crippen molar-refractivity contribution >= 4 is 48.6 Å². The Morgan fingerprint density at radius 1 is 0.316 bits per heavy atom. The second-order valence-corrected chi connectivity index (χ2v) is 15.9. The fraction of sp³-hybridized carbons (Fsp3) is 0.0182. The van der Waals surface area contributed by atoms with Crippen molar-refractivity contribution in [2.75, 3.05) is 4.90 Å². The fourth-order valence-corrected chi connectivity index (χ4v) is 10.3. The van der Waals surface area contributed by atoms with Crippen LogP contribution in [0.15, 0.2) is 224 Å². The van der Waals surface area contributed by atoms with Crippen molar-refractivity contribution in [3.05, 3.63) is 247 Å². The molecule has 1 aromatic heterocycles. The second kappa shape index (κ2) is 13.6. The zero-order valence-electron chi connectivity index (χ0n) is 31.2. The number of benzene rings is 9. The molecule has 57 heavy (non-hydrogen) atoms. The third-order valence-electron chi connectivity index (χ3n) is 11.8. The second-order valence-electron chi connectivity index (χ2n) is 14.9. The first-order valence-corrected chi connectivity index (χ1v) is 20.4. The summed E-state index contributed by atoms with van der Waals surface area (Å²) in [7, 11) is 0. The van der Waals surface area contributed by atoms with Gasteiger partial charge in [0.05, 0.1) is 5.41 Å². The number of thiophene rings is 1. The molecule has 11 rings (SSSR count). The molecule has 0 N–H and O–H groups in total. The lowest BCUT2D eigenvalue weighted by Gasteiger charge is -2.34. The van der Waals surface area contributed by atoms with Crippen LogP contribution < -0.4 is 4.90 Å². The highest BCUT2D eigenvalue weighted by atomic mass is 32.1. The SMILES string of the molecule is c1ccc(-c2ccc(N(c3ccc(-c4ccccc4)cc3)c3ccc4c(c3)sc3ccc(C5(c6ccccc6)c6ccccc6-c6ccccc65)cc34)cc2)cc1. The molecular formula is C55H37NS. The van der Waals surface area contributed by atoms with E-state index >= 15 is 0 Å². The van der Waals surface area contributed by atoms with E-state index in [-0.39, 0.29) is 0 Å². The average molecular weight is 744 g/mol. The number of rotatable bonds is 7. The van der Waals surface area contributed by atoms with E-state index in [2.05, 4.69) is 229 Å². The summed E-state index contributed by atoms with van der Waals surface area (Å²) in [6.45, 7) is 0. The van der Waals surface area contributed by atoms with Crippen molar-refractivity contribution in [3.63, 3.8) is 0 Å². The predicted octanol–water partition coefficient (Wildman–Crippen LogP) is 15.2. The normalized spacial score (nSPS) is 12.7. The summed E-state index contributed by atoms with van der Waals surface area (Å²) in [6.07, 6.45) is 0. The van der Waals surface area contributed by atoms with Gasteiger partial charge < -0.3 is 4.90 Å². The van der Waals surface area contributed by atoms with Gasteiger partial charge >= 0.3 is 0 Å². The first-order valence-electron chi connectivity index (χ1n) is 19.6. The molecule has 9 aromatic carbocycles. The topological polar surface area (TPSA) is 3.24 Å². The van der Waals surface area contributed by atoms with E-state index in [4.69, 9.17) is 0 Å². The molecule has 1 aliphatic rings. The number of hydrogen-bond donors (Lipinski definition) is 0. The molecule has 0 radical (unpaired) electrons. The van der Waals surface area contributed by atoms with Crippen molar-refractivity contribution in [1.29, 1.82) is 0 Å². The van der Waals surface area contributed by atoms with Crippen LogP contribution in [0.25, 0.3) is 53.6 Å². The van der Waals surface area contributed by atoms with E-state index in [1.807, 2.05) is 11.3 Å². The fourth-order valence-electron chi connectivity index (χ4n) is 9.16. The number of hydrogen-bond acceptors (Lipinski definition) is 2. The molecule has 0 unspecified atom stereocenters. The van der Waals surface area contributed by atoms with Crippen LogP contribution in [0.4, 0.5) is 17.1 Å². The zero-order valence-corrected chi connectivity index (χ0v) is 32.0. The molecule has 0 bridgehead atoms. The smallest absolute Gasteiger partial charge is 0.0713 e. The largest absolute Gasteiger partial charge is 0.310 e. The molecule has 0 atom stereocenters. The first kappa shape index (κ1) is 33.3. The van der Waals surface area contributed by atoms with E-state index in [9.17, 15) is 0 Å². The summed E-state index contributed by atoms with van der Waals surface area (Å²) in [6, 6.07) is 82.4. The lowest BCUT2D eigenvalue weighted by atomic mass is 9.67. The highest BCUT2D eigenvalue weighted by Crippen LogP contribution is 2.56. The van der Waals surface area contributed by atoms with Crippen molar-refractivity contribution in [3.8, 4) is 33.4 Å². The summed E-state index contributed by atoms with van der Waals surface area (Å²) in [4.78, 5) is 2.38. The van der Waals surface area contributed by atoms with Gasteiger partial charge in [0.2, 0.25) is 0 Å². The van der Waals surface area contributed by atoms with Crippen LogP contribution in [-0.4, -0.2) is 0 Å². The molecule has 1 aliphatic carbocycles. The van der Waals surface area contributed by atoms with Crippen LogP contribution in [0.2, 0.25) is 0 Å². The minimum absolute atomic E-state index is 0.425. The van der Waals surface area contributed by atoms with Gasteiger partial charge in [-0.15, -0.1) is 11.3 Å². The monoisotopic (exact) mass is 743 g/mol. The molecule has 0 fully saturated rings. The van der Waals surface area contributed by atoms with Crippen LogP contribution in [0.5, 0.6) is 0 Å². The minimum Gasteiger partial charge on any atom is -0.310 e. The Morgan fingerprint density at radius 2 is 0.789 bits per heavy atom. The van der Waals surface area contributed by atoms with E-state index in [0.29, 0.717) is 0 Å². The van der Waals surface area contributed by atoms with E-state index in [1.54, 1.807) is 0 Å². The van der Waals surface area contributed by atoms with Crippen LogP contribution in [-0.2, 0) is 5.41 Å². The molecular weight excluding hydrogens is 707 g/mol. The quantitative estimate of drug-likeness (QED) is 0.157. The summed E-state index contributed by atoms with van der Waals surface area (Å²) in [5.74, 6) is 0. The third-order valence-corrected chi connectivity index (χ3v) is 12.9. The Bertz CT molecular complexity index is 2910. The molecule has 0 saturated heterocycles. The van der Waals surface area contributed by atoms with Crippen LogP contribution in [0.1, 0.15) is 22.3 Å². The van der Waals surface area contributed by atoms with E-state index < -0.39 is 5.41 Å². The summed E-state index contributed by atoms with van der Waals surface area (Å²) in [5, 5.41) is 2.57. The van der Waals surface area contributed by atoms with Crippen LogP contribution >= 0.6 is 11.3 Å². The maximum Gasteiger partial charge on any atom is 0.0713 e. The Hall–Kier alpha value is -7.00. The van der Waals surface area contributed by atoms with Gasteiger partial charge in [-0.1, -0.05) is 176 Å². The average Bonchev–Trinajstić information content (AvgIpc) is 3.81. The number of fused-ring (bicyclic) bond motifs is 6. The van der Waals surface area contributed by atoms with Crippen molar-refractivity contribution in [2.45, 2.75) is 5.41 Å². The maximum atomic E-state index is 2.47. The van der Waals surface area contributed by atoms with Crippen molar-refractivity contribution in [1.82, 2.24) is 0 Å². The molecule has 2 heteroatoms. The molecule has 0 spiro atoms. The van der Waals surface area contributed by atoms with Gasteiger partial charge in [0.25, 0.3) is 0 Å². The van der Waals surface area contributed by atoms with E-state index in [0.717, 1.165) is 17.1 Å².